The Bertz CT molecular complexity index is 895. The van der Waals surface area contributed by atoms with Gasteiger partial charge in [0.15, 0.2) is 17.8 Å². The van der Waals surface area contributed by atoms with Crippen LogP contribution in [0, 0.1) is 0 Å². The smallest absolute Gasteiger partial charge is 0.168 e. The number of phenolic OH excluding ortho intramolecular Hbond substituents is 1. The van der Waals surface area contributed by atoms with Crippen molar-refractivity contribution < 1.29 is 14.6 Å². The van der Waals surface area contributed by atoms with Crippen molar-refractivity contribution in [3.63, 3.8) is 0 Å². The molecule has 23 heavy (non-hydrogen) atoms. The highest BCUT2D eigenvalue weighted by atomic mass is 16.5. The summed E-state index contributed by atoms with van der Waals surface area (Å²) >= 11 is 0. The van der Waals surface area contributed by atoms with Gasteiger partial charge in [-0.2, -0.15) is 0 Å². The van der Waals surface area contributed by atoms with Gasteiger partial charge >= 0.3 is 0 Å². The van der Waals surface area contributed by atoms with E-state index in [1.54, 1.807) is 12.1 Å². The minimum absolute atomic E-state index is 0.134. The molecule has 0 saturated heterocycles. The van der Waals surface area contributed by atoms with E-state index < -0.39 is 0 Å². The van der Waals surface area contributed by atoms with E-state index in [-0.39, 0.29) is 17.1 Å². The van der Waals surface area contributed by atoms with Crippen molar-refractivity contribution in [1.82, 2.24) is 0 Å². The lowest BCUT2D eigenvalue weighted by atomic mass is 10.0. The number of aromatic hydroxyl groups is 1. The molecule has 3 rings (SSSR count). The fourth-order valence-electron chi connectivity index (χ4n) is 2.50. The van der Waals surface area contributed by atoms with Crippen LogP contribution in [-0.4, -0.2) is 18.5 Å². The van der Waals surface area contributed by atoms with E-state index in [1.165, 1.54) is 17.9 Å². The van der Waals surface area contributed by atoms with E-state index in [9.17, 15) is 9.90 Å². The number of ether oxygens (including phenoxy) is 1. The second kappa shape index (κ2) is 6.36. The number of hydrogen-bond donors (Lipinski definition) is 1. The summed E-state index contributed by atoms with van der Waals surface area (Å²) in [6.45, 7) is 0. The van der Waals surface area contributed by atoms with Crippen molar-refractivity contribution in [2.24, 2.45) is 0 Å². The summed E-state index contributed by atoms with van der Waals surface area (Å²) in [5, 5.41) is 12.2. The first-order valence-corrected chi connectivity index (χ1v) is 7.24. The van der Waals surface area contributed by atoms with Crippen LogP contribution < -0.4 is 4.74 Å². The quantitative estimate of drug-likeness (QED) is 0.568. The first-order chi connectivity index (χ1) is 11.2. The molecule has 0 radical (unpaired) electrons. The topological polar surface area (TPSA) is 46.5 Å². The van der Waals surface area contributed by atoms with Crippen LogP contribution in [0.2, 0.25) is 0 Å². The molecule has 0 aromatic heterocycles. The molecule has 0 aliphatic heterocycles. The number of aldehydes is 1. The lowest BCUT2D eigenvalue weighted by molar-refractivity contribution is 0.112. The molecule has 0 bridgehead atoms. The van der Waals surface area contributed by atoms with Gasteiger partial charge in [0.25, 0.3) is 0 Å². The van der Waals surface area contributed by atoms with E-state index in [1.807, 2.05) is 30.4 Å². The minimum Gasteiger partial charge on any atom is -0.504 e. The molecular formula is C20H16O3. The zero-order chi connectivity index (χ0) is 16.2. The summed E-state index contributed by atoms with van der Waals surface area (Å²) in [5.74, 6) is 0.151. The van der Waals surface area contributed by atoms with Crippen LogP contribution in [-0.2, 0) is 0 Å². The van der Waals surface area contributed by atoms with E-state index in [0.717, 1.165) is 11.1 Å². The average molecular weight is 304 g/mol. The third-order valence-corrected chi connectivity index (χ3v) is 3.72. The van der Waals surface area contributed by atoms with Crippen LogP contribution in [0.5, 0.6) is 11.5 Å². The highest BCUT2D eigenvalue weighted by Crippen LogP contribution is 2.31. The van der Waals surface area contributed by atoms with Crippen molar-refractivity contribution >= 4 is 29.2 Å². The van der Waals surface area contributed by atoms with Crippen LogP contribution >= 0.6 is 0 Å². The number of phenols is 1. The summed E-state index contributed by atoms with van der Waals surface area (Å²) < 4.78 is 5.10. The molecule has 0 heterocycles. The van der Waals surface area contributed by atoms with Gasteiger partial charge in [0.2, 0.25) is 0 Å². The zero-order valence-electron chi connectivity index (χ0n) is 12.7. The number of benzene rings is 3. The predicted molar refractivity (Wildman–Crippen MR) is 92.9 cm³/mol. The standard InChI is InChI=1S/C20H16O3/c1-23-19-12-15(11-18(13-21)20(19)22)7-6-14-8-9-16-4-2-3-5-17(16)10-14/h2-13,22H,1H3/b7-6+. The fraction of sp³-hybridized carbons (Fsp3) is 0.0500. The van der Waals surface area contributed by atoms with E-state index >= 15 is 0 Å². The predicted octanol–water partition coefficient (Wildman–Crippen LogP) is 4.54. The molecule has 0 aliphatic carbocycles. The van der Waals surface area contributed by atoms with Crippen LogP contribution in [0.1, 0.15) is 21.5 Å². The number of carbonyl (C=O) groups is 1. The number of fused-ring (bicyclic) bond motifs is 1. The van der Waals surface area contributed by atoms with Crippen molar-refractivity contribution in [3.8, 4) is 11.5 Å². The Morgan fingerprint density at radius 2 is 1.65 bits per heavy atom. The molecule has 0 atom stereocenters. The SMILES string of the molecule is COc1cc(/C=C/c2ccc3ccccc3c2)cc(C=O)c1O. The second-order valence-electron chi connectivity index (χ2n) is 5.22. The highest BCUT2D eigenvalue weighted by Gasteiger charge is 2.08. The van der Waals surface area contributed by atoms with Crippen LogP contribution in [0.4, 0.5) is 0 Å². The van der Waals surface area contributed by atoms with E-state index in [4.69, 9.17) is 4.74 Å². The lowest BCUT2D eigenvalue weighted by Crippen LogP contribution is -1.90. The van der Waals surface area contributed by atoms with Crippen LogP contribution in [0.15, 0.2) is 54.6 Å². The monoisotopic (exact) mass is 304 g/mol. The Morgan fingerprint density at radius 3 is 2.39 bits per heavy atom. The fourth-order valence-corrected chi connectivity index (χ4v) is 2.50. The van der Waals surface area contributed by atoms with Gasteiger partial charge in [-0.05, 0) is 40.1 Å². The molecular weight excluding hydrogens is 288 g/mol. The molecule has 0 spiro atoms. The first kappa shape index (κ1) is 14.9. The summed E-state index contributed by atoms with van der Waals surface area (Å²) in [6.07, 6.45) is 4.47. The number of methoxy groups -OCH3 is 1. The maximum Gasteiger partial charge on any atom is 0.168 e. The molecule has 0 aliphatic rings. The molecule has 0 amide bonds. The Hall–Kier alpha value is -3.07. The van der Waals surface area contributed by atoms with Gasteiger partial charge in [-0.1, -0.05) is 48.6 Å². The second-order valence-corrected chi connectivity index (χ2v) is 5.22. The minimum atomic E-state index is -0.134. The van der Waals surface area contributed by atoms with Crippen molar-refractivity contribution in [2.45, 2.75) is 0 Å². The van der Waals surface area contributed by atoms with Crippen molar-refractivity contribution in [3.05, 3.63) is 71.3 Å². The Labute approximate surface area is 134 Å². The van der Waals surface area contributed by atoms with E-state index in [0.29, 0.717) is 6.29 Å². The van der Waals surface area contributed by atoms with Gasteiger partial charge in [-0.15, -0.1) is 0 Å². The Balaban J connectivity index is 1.96. The molecule has 3 heteroatoms. The maximum atomic E-state index is 11.0. The molecule has 0 saturated carbocycles. The molecule has 114 valence electrons. The maximum absolute atomic E-state index is 11.0. The van der Waals surface area contributed by atoms with Crippen molar-refractivity contribution in [1.29, 1.82) is 0 Å². The number of rotatable bonds is 4. The first-order valence-electron chi connectivity index (χ1n) is 7.24. The number of hydrogen-bond acceptors (Lipinski definition) is 3. The Morgan fingerprint density at radius 1 is 0.913 bits per heavy atom. The van der Waals surface area contributed by atoms with Gasteiger partial charge < -0.3 is 9.84 Å². The largest absolute Gasteiger partial charge is 0.504 e. The molecule has 3 aromatic carbocycles. The van der Waals surface area contributed by atoms with Crippen LogP contribution in [0.25, 0.3) is 22.9 Å². The summed E-state index contributed by atoms with van der Waals surface area (Å²) in [6, 6.07) is 17.7. The third kappa shape index (κ3) is 3.09. The lowest BCUT2D eigenvalue weighted by Gasteiger charge is -2.07. The normalized spacial score (nSPS) is 11.0. The van der Waals surface area contributed by atoms with Gasteiger partial charge in [0, 0.05) is 0 Å². The van der Waals surface area contributed by atoms with Gasteiger partial charge in [0.1, 0.15) is 0 Å². The molecule has 0 unspecified atom stereocenters. The summed E-state index contributed by atoms with van der Waals surface area (Å²) in [4.78, 5) is 11.0. The molecule has 3 aromatic rings. The molecule has 0 fully saturated rings. The van der Waals surface area contributed by atoms with Crippen LogP contribution in [0.3, 0.4) is 0 Å². The average Bonchev–Trinajstić information content (AvgIpc) is 2.60. The Kier molecular flexibility index (Phi) is 4.11. The number of carbonyl (C=O) groups excluding carboxylic acids is 1. The van der Waals surface area contributed by atoms with Gasteiger partial charge in [-0.25, -0.2) is 0 Å². The van der Waals surface area contributed by atoms with E-state index in [2.05, 4.69) is 24.3 Å². The summed E-state index contributed by atoms with van der Waals surface area (Å²) in [5.41, 5.74) is 2.06. The highest BCUT2D eigenvalue weighted by molar-refractivity contribution is 5.87. The van der Waals surface area contributed by atoms with Gasteiger partial charge in [-0.3, -0.25) is 4.79 Å². The van der Waals surface area contributed by atoms with Crippen molar-refractivity contribution in [2.75, 3.05) is 7.11 Å². The third-order valence-electron chi connectivity index (χ3n) is 3.72. The van der Waals surface area contributed by atoms with Gasteiger partial charge in [0.05, 0.1) is 12.7 Å². The molecule has 3 nitrogen and oxygen atoms in total. The summed E-state index contributed by atoms with van der Waals surface area (Å²) in [7, 11) is 1.46. The molecule has 1 N–H and O–H groups in total. The zero-order valence-corrected chi connectivity index (χ0v) is 12.7.